The molecule has 1 aromatic heterocycles. The fraction of sp³-hybridized carbons (Fsp3) is 0.0714. The number of aryl methyl sites for hydroxylation is 1. The van der Waals surface area contributed by atoms with Crippen molar-refractivity contribution < 1.29 is 8.78 Å². The molecule has 0 bridgehead atoms. The molecule has 6 heteroatoms. The quantitative estimate of drug-likeness (QED) is 0.730. The summed E-state index contributed by atoms with van der Waals surface area (Å²) in [5.74, 6) is -1.77. The van der Waals surface area contributed by atoms with Crippen molar-refractivity contribution in [1.82, 2.24) is 9.55 Å². The predicted molar refractivity (Wildman–Crippen MR) is 77.8 cm³/mol. The largest absolute Gasteiger partial charge is 0.369 e. The second-order valence-corrected chi connectivity index (χ2v) is 5.32. The van der Waals surface area contributed by atoms with Gasteiger partial charge in [-0.25, -0.2) is 13.8 Å². The van der Waals surface area contributed by atoms with Crippen LogP contribution < -0.4 is 5.73 Å². The number of halogens is 3. The Bertz CT molecular complexity index is 827. The minimum absolute atomic E-state index is 0.0400. The highest BCUT2D eigenvalue weighted by Gasteiger charge is 2.17. The van der Waals surface area contributed by atoms with Crippen LogP contribution in [0.5, 0.6) is 0 Å². The molecule has 2 aromatic carbocycles. The second kappa shape index (κ2) is 4.56. The van der Waals surface area contributed by atoms with E-state index in [-0.39, 0.29) is 11.5 Å². The third-order valence-corrected chi connectivity index (χ3v) is 4.00. The Morgan fingerprint density at radius 1 is 1.20 bits per heavy atom. The molecule has 3 aromatic rings. The van der Waals surface area contributed by atoms with E-state index in [0.29, 0.717) is 11.2 Å². The van der Waals surface area contributed by atoms with Crippen molar-refractivity contribution in [3.05, 3.63) is 52.0 Å². The lowest BCUT2D eigenvalue weighted by Crippen LogP contribution is -2.02. The van der Waals surface area contributed by atoms with Gasteiger partial charge in [-0.2, -0.15) is 0 Å². The number of nitrogens with two attached hydrogens (primary N) is 1. The maximum atomic E-state index is 14.0. The van der Waals surface area contributed by atoms with Crippen LogP contribution in [-0.4, -0.2) is 9.55 Å². The molecule has 0 atom stereocenters. The van der Waals surface area contributed by atoms with E-state index in [1.807, 2.05) is 13.0 Å². The molecule has 0 aliphatic carbocycles. The highest BCUT2D eigenvalue weighted by Crippen LogP contribution is 2.28. The zero-order chi connectivity index (χ0) is 14.4. The Kier molecular flexibility index (Phi) is 2.97. The predicted octanol–water partition coefficient (Wildman–Crippen LogP) is 3.96. The summed E-state index contributed by atoms with van der Waals surface area (Å²) in [4.78, 5) is 4.06. The van der Waals surface area contributed by atoms with Gasteiger partial charge in [0.05, 0.1) is 11.2 Å². The number of anilines is 1. The van der Waals surface area contributed by atoms with Crippen LogP contribution in [-0.2, 0) is 0 Å². The standard InChI is InChI=1S/C14H10BrF2N3/c1-7-2-3-8(6-9(7)15)20-13-11(19-14(20)18)5-4-10(16)12(13)17/h2-6H,1H3,(H2,18,19). The molecule has 0 aliphatic rings. The molecule has 0 saturated heterocycles. The van der Waals surface area contributed by atoms with Crippen molar-refractivity contribution in [3.63, 3.8) is 0 Å². The first-order chi connectivity index (χ1) is 9.49. The molecule has 3 nitrogen and oxygen atoms in total. The lowest BCUT2D eigenvalue weighted by atomic mass is 10.2. The van der Waals surface area contributed by atoms with Crippen LogP contribution in [0.15, 0.2) is 34.8 Å². The third-order valence-electron chi connectivity index (χ3n) is 3.15. The van der Waals surface area contributed by atoms with Gasteiger partial charge in [-0.15, -0.1) is 0 Å². The van der Waals surface area contributed by atoms with Crippen LogP contribution in [0, 0.1) is 18.6 Å². The number of benzene rings is 2. The first-order valence-electron chi connectivity index (χ1n) is 5.87. The molecule has 0 amide bonds. The Labute approximate surface area is 122 Å². The maximum absolute atomic E-state index is 14.0. The molecule has 0 aliphatic heterocycles. The number of nitrogens with zero attached hydrogens (tertiary/aromatic N) is 2. The summed E-state index contributed by atoms with van der Waals surface area (Å²) < 4.78 is 29.7. The fourth-order valence-corrected chi connectivity index (χ4v) is 2.47. The number of hydrogen-bond donors (Lipinski definition) is 1. The Hall–Kier alpha value is -1.95. The average molecular weight is 338 g/mol. The number of aromatic nitrogens is 2. The SMILES string of the molecule is Cc1ccc(-n2c(N)nc3ccc(F)c(F)c32)cc1Br. The van der Waals surface area contributed by atoms with Crippen LogP contribution in [0.4, 0.5) is 14.7 Å². The molecule has 102 valence electrons. The van der Waals surface area contributed by atoms with E-state index in [4.69, 9.17) is 5.73 Å². The molecule has 0 unspecified atom stereocenters. The summed E-state index contributed by atoms with van der Waals surface area (Å²) in [6.07, 6.45) is 0. The zero-order valence-electron chi connectivity index (χ0n) is 10.5. The van der Waals surface area contributed by atoms with Gasteiger partial charge >= 0.3 is 0 Å². The molecule has 0 saturated carbocycles. The van der Waals surface area contributed by atoms with E-state index >= 15 is 0 Å². The second-order valence-electron chi connectivity index (χ2n) is 4.47. The van der Waals surface area contributed by atoms with E-state index in [2.05, 4.69) is 20.9 Å². The number of rotatable bonds is 1. The summed E-state index contributed by atoms with van der Waals surface area (Å²) in [6, 6.07) is 7.88. The van der Waals surface area contributed by atoms with Crippen molar-refractivity contribution in [1.29, 1.82) is 0 Å². The van der Waals surface area contributed by atoms with Gasteiger partial charge < -0.3 is 5.73 Å². The first kappa shape index (κ1) is 13.1. The summed E-state index contributed by atoms with van der Waals surface area (Å²) in [7, 11) is 0. The van der Waals surface area contributed by atoms with Crippen LogP contribution in [0.3, 0.4) is 0 Å². The summed E-state index contributed by atoms with van der Waals surface area (Å²) in [6.45, 7) is 1.93. The summed E-state index contributed by atoms with van der Waals surface area (Å²) >= 11 is 3.41. The highest BCUT2D eigenvalue weighted by molar-refractivity contribution is 9.10. The lowest BCUT2D eigenvalue weighted by molar-refractivity contribution is 0.514. The Morgan fingerprint density at radius 3 is 2.65 bits per heavy atom. The zero-order valence-corrected chi connectivity index (χ0v) is 12.1. The van der Waals surface area contributed by atoms with Gasteiger partial charge in [-0.3, -0.25) is 4.57 Å². The molecule has 0 radical (unpaired) electrons. The van der Waals surface area contributed by atoms with Crippen LogP contribution in [0.2, 0.25) is 0 Å². The van der Waals surface area contributed by atoms with E-state index < -0.39 is 11.6 Å². The fourth-order valence-electron chi connectivity index (χ4n) is 2.10. The van der Waals surface area contributed by atoms with Gasteiger partial charge in [0.2, 0.25) is 5.95 Å². The number of imidazole rings is 1. The van der Waals surface area contributed by atoms with Crippen molar-refractivity contribution in [2.24, 2.45) is 0 Å². The highest BCUT2D eigenvalue weighted by atomic mass is 79.9. The Morgan fingerprint density at radius 2 is 1.95 bits per heavy atom. The molecular weight excluding hydrogens is 328 g/mol. The van der Waals surface area contributed by atoms with E-state index in [1.165, 1.54) is 10.6 Å². The van der Waals surface area contributed by atoms with Crippen LogP contribution >= 0.6 is 15.9 Å². The third kappa shape index (κ3) is 1.87. The molecular formula is C14H10BrF2N3. The molecule has 20 heavy (non-hydrogen) atoms. The van der Waals surface area contributed by atoms with Crippen LogP contribution in [0.1, 0.15) is 5.56 Å². The number of nitrogen functional groups attached to an aromatic ring is 1. The van der Waals surface area contributed by atoms with Crippen molar-refractivity contribution in [2.75, 3.05) is 5.73 Å². The normalized spacial score (nSPS) is 11.2. The molecule has 1 heterocycles. The monoisotopic (exact) mass is 337 g/mol. The van der Waals surface area contributed by atoms with Gasteiger partial charge in [0.25, 0.3) is 0 Å². The number of hydrogen-bond acceptors (Lipinski definition) is 2. The van der Waals surface area contributed by atoms with Crippen molar-refractivity contribution in [3.8, 4) is 5.69 Å². The van der Waals surface area contributed by atoms with Gasteiger partial charge in [0, 0.05) is 4.47 Å². The molecule has 2 N–H and O–H groups in total. The minimum atomic E-state index is -0.955. The van der Waals surface area contributed by atoms with Crippen molar-refractivity contribution >= 4 is 32.9 Å². The minimum Gasteiger partial charge on any atom is -0.369 e. The lowest BCUT2D eigenvalue weighted by Gasteiger charge is -2.09. The summed E-state index contributed by atoms with van der Waals surface area (Å²) in [5, 5.41) is 0. The maximum Gasteiger partial charge on any atom is 0.206 e. The summed E-state index contributed by atoms with van der Waals surface area (Å²) in [5.41, 5.74) is 7.85. The van der Waals surface area contributed by atoms with Gasteiger partial charge in [-0.1, -0.05) is 22.0 Å². The average Bonchev–Trinajstić information content (AvgIpc) is 2.74. The first-order valence-corrected chi connectivity index (χ1v) is 6.67. The topological polar surface area (TPSA) is 43.8 Å². The molecule has 0 spiro atoms. The van der Waals surface area contributed by atoms with E-state index in [9.17, 15) is 8.78 Å². The smallest absolute Gasteiger partial charge is 0.206 e. The molecule has 0 fully saturated rings. The number of fused-ring (bicyclic) bond motifs is 1. The van der Waals surface area contributed by atoms with Gasteiger partial charge in [-0.05, 0) is 36.8 Å². The van der Waals surface area contributed by atoms with E-state index in [0.717, 1.165) is 16.1 Å². The molecule has 3 rings (SSSR count). The van der Waals surface area contributed by atoms with Crippen molar-refractivity contribution in [2.45, 2.75) is 6.92 Å². The Balaban J connectivity index is 2.38. The van der Waals surface area contributed by atoms with Crippen LogP contribution in [0.25, 0.3) is 16.7 Å². The van der Waals surface area contributed by atoms with Gasteiger partial charge in [0.1, 0.15) is 5.52 Å². The van der Waals surface area contributed by atoms with E-state index in [1.54, 1.807) is 12.1 Å². The van der Waals surface area contributed by atoms with Gasteiger partial charge in [0.15, 0.2) is 11.6 Å².